The van der Waals surface area contributed by atoms with Crippen LogP contribution >= 0.6 is 0 Å². The van der Waals surface area contributed by atoms with Gasteiger partial charge in [-0.05, 0) is 44.9 Å². The molecule has 8 nitrogen and oxygen atoms in total. The van der Waals surface area contributed by atoms with Crippen LogP contribution in [-0.4, -0.2) is 60.5 Å². The summed E-state index contributed by atoms with van der Waals surface area (Å²) in [5.41, 5.74) is -1.08. The van der Waals surface area contributed by atoms with Gasteiger partial charge in [-0.3, -0.25) is 14.3 Å². The van der Waals surface area contributed by atoms with Crippen molar-refractivity contribution in [3.05, 3.63) is 12.4 Å². The number of anilines is 1. The summed E-state index contributed by atoms with van der Waals surface area (Å²) in [7, 11) is 0. The molecule has 3 aliphatic rings. The number of piperidine rings is 1. The molecule has 8 heteroatoms. The second-order valence-corrected chi connectivity index (χ2v) is 9.95. The summed E-state index contributed by atoms with van der Waals surface area (Å²) in [6.07, 6.45) is 13.4. The Hall–Kier alpha value is -1.93. The third-order valence-electron chi connectivity index (χ3n) is 7.30. The van der Waals surface area contributed by atoms with Crippen molar-refractivity contribution in [2.45, 2.75) is 107 Å². The molecule has 172 valence electrons. The first-order valence-electron chi connectivity index (χ1n) is 11.9. The van der Waals surface area contributed by atoms with Crippen LogP contribution in [0.2, 0.25) is 0 Å². The van der Waals surface area contributed by atoms with E-state index in [0.717, 1.165) is 51.5 Å². The van der Waals surface area contributed by atoms with Gasteiger partial charge in [0.2, 0.25) is 11.8 Å². The number of aliphatic hydroxyl groups is 2. The summed E-state index contributed by atoms with van der Waals surface area (Å²) in [5, 5.41) is 28.3. The Morgan fingerprint density at radius 2 is 1.65 bits per heavy atom. The normalized spacial score (nSPS) is 25.0. The number of rotatable bonds is 7. The Balaban J connectivity index is 1.32. The van der Waals surface area contributed by atoms with Crippen LogP contribution in [-0.2, 0) is 16.1 Å². The highest BCUT2D eigenvalue weighted by Gasteiger charge is 2.37. The number of carbonyl (C=O) groups is 2. The lowest BCUT2D eigenvalue weighted by molar-refractivity contribution is -0.140. The van der Waals surface area contributed by atoms with Gasteiger partial charge in [-0.2, -0.15) is 5.10 Å². The van der Waals surface area contributed by atoms with Gasteiger partial charge in [0, 0.05) is 12.7 Å². The van der Waals surface area contributed by atoms with Gasteiger partial charge in [0.15, 0.2) is 0 Å². The average molecular weight is 433 g/mol. The second kappa shape index (κ2) is 9.28. The van der Waals surface area contributed by atoms with E-state index >= 15 is 0 Å². The zero-order chi connectivity index (χ0) is 21.9. The molecule has 1 aliphatic heterocycles. The highest BCUT2D eigenvalue weighted by Crippen LogP contribution is 2.34. The van der Waals surface area contributed by atoms with Gasteiger partial charge in [-0.15, -0.1) is 0 Å². The monoisotopic (exact) mass is 432 g/mol. The Morgan fingerprint density at radius 1 is 1.00 bits per heavy atom. The molecule has 2 heterocycles. The van der Waals surface area contributed by atoms with Gasteiger partial charge in [0.25, 0.3) is 0 Å². The number of nitrogens with zero attached hydrogens (tertiary/aromatic N) is 3. The number of hydrogen-bond acceptors (Lipinski definition) is 5. The van der Waals surface area contributed by atoms with Crippen molar-refractivity contribution in [1.82, 2.24) is 14.7 Å². The highest BCUT2D eigenvalue weighted by molar-refractivity contribution is 5.91. The first-order valence-corrected chi connectivity index (χ1v) is 11.9. The van der Waals surface area contributed by atoms with Crippen LogP contribution in [0.15, 0.2) is 12.4 Å². The zero-order valence-corrected chi connectivity index (χ0v) is 18.4. The summed E-state index contributed by atoms with van der Waals surface area (Å²) in [6.45, 7) is 1.30. The minimum absolute atomic E-state index is 0.0413. The third-order valence-corrected chi connectivity index (χ3v) is 7.30. The van der Waals surface area contributed by atoms with Gasteiger partial charge in [0.1, 0.15) is 0 Å². The van der Waals surface area contributed by atoms with Crippen molar-refractivity contribution in [1.29, 1.82) is 0 Å². The van der Waals surface area contributed by atoms with E-state index in [1.165, 1.54) is 0 Å². The molecule has 2 amide bonds. The summed E-state index contributed by atoms with van der Waals surface area (Å²) in [5.74, 6) is -0.150. The molecule has 0 radical (unpaired) electrons. The number of aromatic nitrogens is 2. The Morgan fingerprint density at radius 3 is 2.32 bits per heavy atom. The Bertz CT molecular complexity index is 780. The van der Waals surface area contributed by atoms with E-state index in [2.05, 4.69) is 10.4 Å². The molecule has 0 spiro atoms. The SMILES string of the molecule is O=C(CC1(O)CCCC1)Nc1cnn(C[C@H]2CCCCN2C(=O)CC2(O)CCCC2)c1. The third kappa shape index (κ3) is 5.66. The van der Waals surface area contributed by atoms with Crippen LogP contribution in [0.5, 0.6) is 0 Å². The molecule has 2 saturated carbocycles. The molecule has 1 aromatic rings. The van der Waals surface area contributed by atoms with E-state index in [4.69, 9.17) is 0 Å². The molecule has 0 unspecified atom stereocenters. The van der Waals surface area contributed by atoms with Gasteiger partial charge in [-0.1, -0.05) is 25.7 Å². The Kier molecular flexibility index (Phi) is 6.67. The number of amides is 2. The van der Waals surface area contributed by atoms with Crippen molar-refractivity contribution in [2.24, 2.45) is 0 Å². The van der Waals surface area contributed by atoms with Crippen molar-refractivity contribution in [3.8, 4) is 0 Å². The molecular weight excluding hydrogens is 396 g/mol. The van der Waals surface area contributed by atoms with Crippen molar-refractivity contribution in [2.75, 3.05) is 11.9 Å². The minimum Gasteiger partial charge on any atom is -0.389 e. The number of carbonyl (C=O) groups excluding carboxylic acids is 2. The molecule has 1 aromatic heterocycles. The van der Waals surface area contributed by atoms with E-state index in [1.54, 1.807) is 17.1 Å². The van der Waals surface area contributed by atoms with Gasteiger partial charge < -0.3 is 20.4 Å². The van der Waals surface area contributed by atoms with Gasteiger partial charge in [-0.25, -0.2) is 0 Å². The minimum atomic E-state index is -0.869. The predicted octanol–water partition coefficient (Wildman–Crippen LogP) is 2.59. The summed E-state index contributed by atoms with van der Waals surface area (Å²) >= 11 is 0. The van der Waals surface area contributed by atoms with Gasteiger partial charge >= 0.3 is 0 Å². The van der Waals surface area contributed by atoms with E-state index in [1.807, 2.05) is 4.90 Å². The molecule has 3 fully saturated rings. The molecule has 0 aromatic carbocycles. The van der Waals surface area contributed by atoms with Crippen LogP contribution in [0.25, 0.3) is 0 Å². The summed E-state index contributed by atoms with van der Waals surface area (Å²) < 4.78 is 1.78. The topological polar surface area (TPSA) is 108 Å². The Labute approximate surface area is 184 Å². The number of likely N-dealkylation sites (tertiary alicyclic amines) is 1. The summed E-state index contributed by atoms with van der Waals surface area (Å²) in [6, 6.07) is 0.0499. The molecule has 3 N–H and O–H groups in total. The predicted molar refractivity (Wildman–Crippen MR) is 116 cm³/mol. The van der Waals surface area contributed by atoms with E-state index < -0.39 is 11.2 Å². The van der Waals surface area contributed by atoms with Crippen LogP contribution in [0.1, 0.15) is 83.5 Å². The maximum absolute atomic E-state index is 13.0. The van der Waals surface area contributed by atoms with E-state index in [0.29, 0.717) is 37.9 Å². The standard InChI is InChI=1S/C23H36N4O4/c28-20(13-22(30)8-2-3-9-22)25-18-15-24-26(16-18)17-19-7-1-6-12-27(19)21(29)14-23(31)10-4-5-11-23/h15-16,19,30-31H,1-14,17H2,(H,25,28)/t19-/m1/s1. The molecular formula is C23H36N4O4. The average Bonchev–Trinajstić information content (AvgIpc) is 3.45. The van der Waals surface area contributed by atoms with Crippen molar-refractivity contribution in [3.63, 3.8) is 0 Å². The van der Waals surface area contributed by atoms with Crippen molar-refractivity contribution < 1.29 is 19.8 Å². The number of hydrogen-bond donors (Lipinski definition) is 3. The molecule has 1 atom stereocenters. The van der Waals surface area contributed by atoms with Crippen LogP contribution in [0, 0.1) is 0 Å². The smallest absolute Gasteiger partial charge is 0.227 e. The quantitative estimate of drug-likeness (QED) is 0.614. The van der Waals surface area contributed by atoms with Crippen LogP contribution in [0.3, 0.4) is 0 Å². The summed E-state index contributed by atoms with van der Waals surface area (Å²) in [4.78, 5) is 27.2. The van der Waals surface area contributed by atoms with E-state index in [9.17, 15) is 19.8 Å². The fourth-order valence-corrected chi connectivity index (χ4v) is 5.57. The largest absolute Gasteiger partial charge is 0.389 e. The molecule has 2 aliphatic carbocycles. The lowest BCUT2D eigenvalue weighted by Crippen LogP contribution is -2.48. The number of nitrogens with one attached hydrogen (secondary N) is 1. The lowest BCUT2D eigenvalue weighted by atomic mass is 9.95. The second-order valence-electron chi connectivity index (χ2n) is 9.95. The highest BCUT2D eigenvalue weighted by atomic mass is 16.3. The fraction of sp³-hybridized carbons (Fsp3) is 0.783. The first kappa shape index (κ1) is 22.3. The maximum atomic E-state index is 13.0. The van der Waals surface area contributed by atoms with E-state index in [-0.39, 0.29) is 30.7 Å². The van der Waals surface area contributed by atoms with Gasteiger partial charge in [0.05, 0.1) is 48.5 Å². The molecule has 1 saturated heterocycles. The van der Waals surface area contributed by atoms with Crippen LogP contribution < -0.4 is 5.32 Å². The fourth-order valence-electron chi connectivity index (χ4n) is 5.57. The maximum Gasteiger partial charge on any atom is 0.227 e. The molecule has 4 rings (SSSR count). The lowest BCUT2D eigenvalue weighted by Gasteiger charge is -2.37. The first-order chi connectivity index (χ1) is 14.8. The van der Waals surface area contributed by atoms with Crippen molar-refractivity contribution >= 4 is 17.5 Å². The van der Waals surface area contributed by atoms with Crippen LogP contribution in [0.4, 0.5) is 5.69 Å². The zero-order valence-electron chi connectivity index (χ0n) is 18.4. The molecule has 31 heavy (non-hydrogen) atoms. The molecule has 0 bridgehead atoms.